The zero-order chi connectivity index (χ0) is 44.6. The van der Waals surface area contributed by atoms with Crippen LogP contribution in [-0.2, 0) is 20.7 Å². The number of ether oxygens (including phenoxy) is 3. The van der Waals surface area contributed by atoms with Crippen molar-refractivity contribution in [2.24, 2.45) is 0 Å². The second-order valence-corrected chi connectivity index (χ2v) is 19.6. The number of halogens is 2. The first kappa shape index (κ1) is 46.3. The predicted octanol–water partition coefficient (Wildman–Crippen LogP) is 11.3. The van der Waals surface area contributed by atoms with Crippen LogP contribution in [0.3, 0.4) is 0 Å². The highest BCUT2D eigenvalue weighted by Crippen LogP contribution is 2.45. The highest BCUT2D eigenvalue weighted by atomic mass is 19.1. The number of aromatic nitrogens is 2. The molecule has 0 saturated carbocycles. The van der Waals surface area contributed by atoms with Crippen LogP contribution in [0.1, 0.15) is 166 Å². The number of rotatable bonds is 21. The van der Waals surface area contributed by atoms with E-state index in [4.69, 9.17) is 24.2 Å². The van der Waals surface area contributed by atoms with Crippen LogP contribution in [0, 0.1) is 5.82 Å². The van der Waals surface area contributed by atoms with Crippen LogP contribution in [-0.4, -0.2) is 100 Å². The van der Waals surface area contributed by atoms with E-state index in [1.165, 1.54) is 64.2 Å². The first-order chi connectivity index (χ1) is 31.1. The summed E-state index contributed by atoms with van der Waals surface area (Å²) >= 11 is 0. The van der Waals surface area contributed by atoms with Crippen LogP contribution >= 0.6 is 0 Å². The number of carbonyl (C=O) groups is 2. The topological polar surface area (TPSA) is 118 Å². The number of alkyl halides is 1. The molecule has 0 radical (unpaired) electrons. The fraction of sp³-hybridized carbons (Fsp3) is 0.686. The summed E-state index contributed by atoms with van der Waals surface area (Å²) in [5.41, 5.74) is 2.79. The van der Waals surface area contributed by atoms with Gasteiger partial charge in [-0.3, -0.25) is 14.6 Å². The number of aromatic hydroxyl groups is 1. The Kier molecular flexibility index (Phi) is 15.4. The summed E-state index contributed by atoms with van der Waals surface area (Å²) in [6.45, 7) is 6.24. The van der Waals surface area contributed by atoms with Crippen molar-refractivity contribution in [3.05, 3.63) is 41.2 Å². The minimum Gasteiger partial charge on any atom is -0.508 e. The van der Waals surface area contributed by atoms with E-state index in [9.17, 15) is 19.1 Å². The van der Waals surface area contributed by atoms with Gasteiger partial charge in [-0.2, -0.15) is 9.97 Å². The van der Waals surface area contributed by atoms with Crippen molar-refractivity contribution in [3.63, 3.8) is 0 Å². The number of amides is 1. The number of piperazine rings is 1. The number of hydrogen-bond donors (Lipinski definition) is 1. The van der Waals surface area contributed by atoms with Crippen molar-refractivity contribution in [1.29, 1.82) is 0 Å². The number of fused-ring (bicyclic) bond motifs is 5. The van der Waals surface area contributed by atoms with Crippen LogP contribution in [0.15, 0.2) is 24.3 Å². The Morgan fingerprint density at radius 2 is 1.56 bits per heavy atom. The number of anilines is 1. The van der Waals surface area contributed by atoms with Gasteiger partial charge in [-0.25, -0.2) is 13.6 Å². The van der Waals surface area contributed by atoms with Gasteiger partial charge in [0.1, 0.15) is 29.9 Å². The van der Waals surface area contributed by atoms with E-state index in [0.29, 0.717) is 54.8 Å². The standard InChI is InChI=1S/C51H71F2N5O6/c1-3-4-5-6-7-8-9-10-11-12-13-14-15-20-44(60)63-34-64-50(61)58-38-21-22-39(58)32-56(31-38)48-42-24-23-41(43-28-40(59)27-36-19-16-18-35(2)45(36)43)46(53)47(42)54-49(55-48)62-33-51-25-17-26-57(51)30-37(52)29-51/h23-24,27-28,35,37-39,59H,3-22,25-26,29-34H2,1-2H3/t35?,37-,38?,39?,51+/m1/s1. The van der Waals surface area contributed by atoms with E-state index in [2.05, 4.69) is 23.6 Å². The van der Waals surface area contributed by atoms with Crippen LogP contribution < -0.4 is 9.64 Å². The molecule has 5 heterocycles. The summed E-state index contributed by atoms with van der Waals surface area (Å²) in [4.78, 5) is 41.6. The van der Waals surface area contributed by atoms with Crippen LogP contribution in [0.25, 0.3) is 22.0 Å². The maximum atomic E-state index is 17.2. The molecule has 64 heavy (non-hydrogen) atoms. The normalized spacial score (nSPS) is 24.0. The van der Waals surface area contributed by atoms with Crippen molar-refractivity contribution in [3.8, 4) is 22.9 Å². The Morgan fingerprint density at radius 3 is 2.28 bits per heavy atom. The third-order valence-corrected chi connectivity index (χ3v) is 15.0. The van der Waals surface area contributed by atoms with Crippen LogP contribution in [0.4, 0.5) is 19.4 Å². The molecule has 2 bridgehead atoms. The molecule has 350 valence electrons. The molecule has 3 aromatic rings. The Balaban J connectivity index is 0.897. The fourth-order valence-electron chi connectivity index (χ4n) is 11.7. The Hall–Kier alpha value is -4.26. The molecule has 4 aliphatic heterocycles. The number of unbranched alkanes of at least 4 members (excludes halogenated alkanes) is 12. The maximum absolute atomic E-state index is 17.2. The van der Waals surface area contributed by atoms with E-state index >= 15 is 4.39 Å². The number of benzene rings is 2. The quantitative estimate of drug-likeness (QED) is 0.0629. The van der Waals surface area contributed by atoms with Gasteiger partial charge < -0.3 is 24.2 Å². The molecule has 1 aromatic heterocycles. The molecule has 8 rings (SSSR count). The monoisotopic (exact) mass is 888 g/mol. The smallest absolute Gasteiger partial charge is 0.413 e. The van der Waals surface area contributed by atoms with E-state index in [0.717, 1.165) is 81.9 Å². The molecule has 3 unspecified atom stereocenters. The van der Waals surface area contributed by atoms with Crippen LogP contribution in [0.5, 0.6) is 11.8 Å². The zero-order valence-corrected chi connectivity index (χ0v) is 38.4. The van der Waals surface area contributed by atoms with E-state index in [1.807, 2.05) is 6.07 Å². The number of aryl methyl sites for hydroxylation is 1. The second-order valence-electron chi connectivity index (χ2n) is 19.6. The van der Waals surface area contributed by atoms with E-state index in [1.54, 1.807) is 23.1 Å². The van der Waals surface area contributed by atoms with Gasteiger partial charge in [-0.15, -0.1) is 0 Å². The highest BCUT2D eigenvalue weighted by Gasteiger charge is 2.50. The molecule has 0 spiro atoms. The number of phenolic OH excluding ortho intramolecular Hbond substituents is 1. The minimum absolute atomic E-state index is 0.0307. The van der Waals surface area contributed by atoms with Gasteiger partial charge in [-0.05, 0) is 98.7 Å². The first-order valence-electron chi connectivity index (χ1n) is 24.9. The van der Waals surface area contributed by atoms with Gasteiger partial charge in [0.15, 0.2) is 5.82 Å². The van der Waals surface area contributed by atoms with Gasteiger partial charge in [0.25, 0.3) is 0 Å². The largest absolute Gasteiger partial charge is 0.508 e. The Bertz CT molecular complexity index is 2070. The summed E-state index contributed by atoms with van der Waals surface area (Å²) in [6, 6.07) is 6.71. The third kappa shape index (κ3) is 10.5. The fourth-order valence-corrected chi connectivity index (χ4v) is 11.7. The highest BCUT2D eigenvalue weighted by molar-refractivity contribution is 5.94. The molecule has 5 atom stereocenters. The summed E-state index contributed by atoms with van der Waals surface area (Å²) in [5, 5.41) is 11.3. The Morgan fingerprint density at radius 1 is 0.859 bits per heavy atom. The Labute approximate surface area is 378 Å². The second kappa shape index (κ2) is 21.4. The number of hydrogen-bond acceptors (Lipinski definition) is 10. The molecule has 11 nitrogen and oxygen atoms in total. The first-order valence-corrected chi connectivity index (χ1v) is 24.9. The van der Waals surface area contributed by atoms with Crippen molar-refractivity contribution >= 4 is 28.8 Å². The number of phenols is 1. The van der Waals surface area contributed by atoms with Crippen LogP contribution in [0.2, 0.25) is 0 Å². The maximum Gasteiger partial charge on any atom is 0.413 e. The summed E-state index contributed by atoms with van der Waals surface area (Å²) in [6.07, 6.45) is 21.3. The molecular weight excluding hydrogens is 817 g/mol. The van der Waals surface area contributed by atoms with Crippen molar-refractivity contribution in [2.45, 2.75) is 185 Å². The van der Waals surface area contributed by atoms with Crippen molar-refractivity contribution in [1.82, 2.24) is 19.8 Å². The lowest BCUT2D eigenvalue weighted by Crippen LogP contribution is -2.56. The summed E-state index contributed by atoms with van der Waals surface area (Å²) in [5.74, 6) is -0.0556. The molecule has 4 fully saturated rings. The van der Waals surface area contributed by atoms with Gasteiger partial charge in [0.05, 0.1) is 17.6 Å². The third-order valence-electron chi connectivity index (χ3n) is 15.0. The molecule has 5 aliphatic rings. The molecular formula is C51H71F2N5O6. The lowest BCUT2D eigenvalue weighted by atomic mass is 9.79. The van der Waals surface area contributed by atoms with Gasteiger partial charge in [-0.1, -0.05) is 97.0 Å². The lowest BCUT2D eigenvalue weighted by Gasteiger charge is -2.41. The average Bonchev–Trinajstić information content (AvgIpc) is 3.90. The molecule has 2 aromatic carbocycles. The van der Waals surface area contributed by atoms with Gasteiger partial charge in [0.2, 0.25) is 6.79 Å². The van der Waals surface area contributed by atoms with E-state index < -0.39 is 30.4 Å². The molecule has 1 amide bonds. The molecule has 1 N–H and O–H groups in total. The van der Waals surface area contributed by atoms with Gasteiger partial charge in [0, 0.05) is 43.4 Å². The number of nitrogens with zero attached hydrogens (tertiary/aromatic N) is 5. The molecule has 1 aliphatic carbocycles. The number of carbonyl (C=O) groups excluding carboxylic acids is 2. The zero-order valence-electron chi connectivity index (χ0n) is 38.4. The molecule has 13 heteroatoms. The molecule has 4 saturated heterocycles. The number of esters is 1. The summed E-state index contributed by atoms with van der Waals surface area (Å²) < 4.78 is 49.1. The van der Waals surface area contributed by atoms with Crippen molar-refractivity contribution in [2.75, 3.05) is 44.5 Å². The average molecular weight is 888 g/mol. The summed E-state index contributed by atoms with van der Waals surface area (Å²) in [7, 11) is 0. The van der Waals surface area contributed by atoms with E-state index in [-0.39, 0.29) is 47.9 Å². The van der Waals surface area contributed by atoms with Crippen molar-refractivity contribution < 1.29 is 37.7 Å². The SMILES string of the molecule is CCCCCCCCCCCCCCCC(=O)OCOC(=O)N1C2CCC1CN(c1nc(OC[C@@]34CCCN3C[C@H](F)C4)nc3c(F)c(-c4cc(O)cc5c4C(C)CCC5)ccc13)C2. The lowest BCUT2D eigenvalue weighted by molar-refractivity contribution is -0.152. The predicted molar refractivity (Wildman–Crippen MR) is 245 cm³/mol. The minimum atomic E-state index is -0.924. The van der Waals surface area contributed by atoms with Gasteiger partial charge >= 0.3 is 18.1 Å².